The molecule has 104 valence electrons. The average Bonchev–Trinajstić information content (AvgIpc) is 2.47. The van der Waals surface area contributed by atoms with E-state index in [1.165, 1.54) is 5.56 Å². The fourth-order valence-corrected chi connectivity index (χ4v) is 2.04. The Bertz CT molecular complexity index is 613. The number of pyridine rings is 1. The van der Waals surface area contributed by atoms with Gasteiger partial charge in [-0.05, 0) is 30.0 Å². The van der Waals surface area contributed by atoms with Crippen LogP contribution in [0.1, 0.15) is 37.4 Å². The molecule has 20 heavy (non-hydrogen) atoms. The number of thiocarbonyl (C=S) groups is 1. The fourth-order valence-electron chi connectivity index (χ4n) is 1.92. The van der Waals surface area contributed by atoms with E-state index in [2.05, 4.69) is 24.9 Å². The maximum Gasteiger partial charge on any atom is 0.219 e. The van der Waals surface area contributed by atoms with E-state index >= 15 is 0 Å². The third kappa shape index (κ3) is 3.33. The van der Waals surface area contributed by atoms with Gasteiger partial charge >= 0.3 is 0 Å². The van der Waals surface area contributed by atoms with Crippen LogP contribution in [0.5, 0.6) is 11.6 Å². The Kier molecular flexibility index (Phi) is 4.69. The van der Waals surface area contributed by atoms with E-state index in [1.54, 1.807) is 12.1 Å². The van der Waals surface area contributed by atoms with Crippen LogP contribution in [0.3, 0.4) is 0 Å². The Hall–Kier alpha value is -1.94. The van der Waals surface area contributed by atoms with Crippen LogP contribution in [0.2, 0.25) is 0 Å². The molecule has 4 heteroatoms. The second-order valence-corrected chi connectivity index (χ2v) is 5.11. The molecule has 0 saturated carbocycles. The van der Waals surface area contributed by atoms with Gasteiger partial charge in [-0.2, -0.15) is 0 Å². The maximum atomic E-state index is 5.90. The molecule has 0 bridgehead atoms. The first-order chi connectivity index (χ1) is 9.61. The second-order valence-electron chi connectivity index (χ2n) is 4.67. The van der Waals surface area contributed by atoms with E-state index < -0.39 is 0 Å². The quantitative estimate of drug-likeness (QED) is 0.843. The molecule has 0 saturated heterocycles. The molecule has 1 aromatic heterocycles. The minimum absolute atomic E-state index is 0.269. The van der Waals surface area contributed by atoms with Crippen LogP contribution >= 0.6 is 12.2 Å². The van der Waals surface area contributed by atoms with Crippen molar-refractivity contribution in [2.75, 3.05) is 0 Å². The normalized spacial score (nSPS) is 11.9. The zero-order valence-corrected chi connectivity index (χ0v) is 12.5. The van der Waals surface area contributed by atoms with Gasteiger partial charge < -0.3 is 10.5 Å². The third-order valence-electron chi connectivity index (χ3n) is 3.25. The lowest BCUT2D eigenvalue weighted by Crippen LogP contribution is -2.11. The number of rotatable bonds is 5. The predicted octanol–water partition coefficient (Wildman–Crippen LogP) is 4.02. The number of hydrogen-bond acceptors (Lipinski definition) is 3. The topological polar surface area (TPSA) is 48.1 Å². The van der Waals surface area contributed by atoms with Crippen LogP contribution in [-0.4, -0.2) is 9.97 Å². The highest BCUT2D eigenvalue weighted by atomic mass is 32.1. The Morgan fingerprint density at radius 2 is 2.00 bits per heavy atom. The van der Waals surface area contributed by atoms with Crippen molar-refractivity contribution in [3.05, 3.63) is 53.7 Å². The summed E-state index contributed by atoms with van der Waals surface area (Å²) < 4.78 is 5.90. The zero-order chi connectivity index (χ0) is 14.5. The molecule has 0 amide bonds. The molecule has 0 fully saturated rings. The molecule has 0 aliphatic rings. The summed E-state index contributed by atoms with van der Waals surface area (Å²) in [5.41, 5.74) is 7.34. The molecule has 0 spiro atoms. The Balaban J connectivity index is 2.30. The number of nitrogens with zero attached hydrogens (tertiary/aromatic N) is 1. The molecule has 2 aromatic rings. The van der Waals surface area contributed by atoms with Crippen LogP contribution < -0.4 is 10.5 Å². The molecule has 1 atom stereocenters. The summed E-state index contributed by atoms with van der Waals surface area (Å²) in [5.74, 6) is 1.77. The molecule has 1 heterocycles. The Morgan fingerprint density at radius 3 is 2.70 bits per heavy atom. The van der Waals surface area contributed by atoms with Crippen molar-refractivity contribution < 1.29 is 4.74 Å². The highest BCUT2D eigenvalue weighted by Crippen LogP contribution is 2.31. The standard InChI is InChI=1S/C16H18N2OS/c1-3-11(2)12-7-4-5-9-14(12)19-15-10-6-8-13(18-15)16(17)20/h4-11H,3H2,1-2H3,(H2,17,20). The van der Waals surface area contributed by atoms with Crippen LogP contribution in [0.15, 0.2) is 42.5 Å². The van der Waals surface area contributed by atoms with Crippen molar-refractivity contribution in [1.29, 1.82) is 0 Å². The number of benzene rings is 1. The summed E-state index contributed by atoms with van der Waals surface area (Å²) in [6.07, 6.45) is 1.06. The molecular formula is C16H18N2OS. The van der Waals surface area contributed by atoms with E-state index in [4.69, 9.17) is 22.7 Å². The molecule has 2 N–H and O–H groups in total. The first-order valence-electron chi connectivity index (χ1n) is 6.65. The van der Waals surface area contributed by atoms with Gasteiger partial charge in [-0.25, -0.2) is 4.98 Å². The van der Waals surface area contributed by atoms with E-state index in [0.29, 0.717) is 17.5 Å². The monoisotopic (exact) mass is 286 g/mol. The molecule has 2 rings (SSSR count). The summed E-state index contributed by atoms with van der Waals surface area (Å²) >= 11 is 4.93. The summed E-state index contributed by atoms with van der Waals surface area (Å²) in [6.45, 7) is 4.34. The minimum atomic E-state index is 0.269. The second kappa shape index (κ2) is 6.48. The van der Waals surface area contributed by atoms with Crippen molar-refractivity contribution in [2.24, 2.45) is 5.73 Å². The Morgan fingerprint density at radius 1 is 1.25 bits per heavy atom. The van der Waals surface area contributed by atoms with Gasteiger partial charge in [-0.3, -0.25) is 0 Å². The minimum Gasteiger partial charge on any atom is -0.439 e. The molecule has 0 aliphatic carbocycles. The number of ether oxygens (including phenoxy) is 1. The fraction of sp³-hybridized carbons (Fsp3) is 0.250. The maximum absolute atomic E-state index is 5.90. The van der Waals surface area contributed by atoms with Crippen molar-refractivity contribution in [3.63, 3.8) is 0 Å². The van der Waals surface area contributed by atoms with Gasteiger partial charge in [0, 0.05) is 6.07 Å². The predicted molar refractivity (Wildman–Crippen MR) is 85.3 cm³/mol. The largest absolute Gasteiger partial charge is 0.439 e. The third-order valence-corrected chi connectivity index (χ3v) is 3.46. The number of nitrogens with two attached hydrogens (primary N) is 1. The van der Waals surface area contributed by atoms with E-state index in [-0.39, 0.29) is 4.99 Å². The molecule has 0 radical (unpaired) electrons. The van der Waals surface area contributed by atoms with Crippen LogP contribution in [0, 0.1) is 0 Å². The molecule has 0 aliphatic heterocycles. The van der Waals surface area contributed by atoms with E-state index in [1.807, 2.05) is 24.3 Å². The first-order valence-corrected chi connectivity index (χ1v) is 7.06. The van der Waals surface area contributed by atoms with E-state index in [0.717, 1.165) is 12.2 Å². The first kappa shape index (κ1) is 14.5. The summed E-state index contributed by atoms with van der Waals surface area (Å²) in [5, 5.41) is 0. The highest BCUT2D eigenvalue weighted by Gasteiger charge is 2.11. The average molecular weight is 286 g/mol. The van der Waals surface area contributed by atoms with E-state index in [9.17, 15) is 0 Å². The lowest BCUT2D eigenvalue weighted by atomic mass is 9.98. The van der Waals surface area contributed by atoms with Crippen LogP contribution in [-0.2, 0) is 0 Å². The smallest absolute Gasteiger partial charge is 0.219 e. The van der Waals surface area contributed by atoms with Crippen molar-refractivity contribution in [3.8, 4) is 11.6 Å². The lowest BCUT2D eigenvalue weighted by molar-refractivity contribution is 0.452. The van der Waals surface area contributed by atoms with Crippen LogP contribution in [0.25, 0.3) is 0 Å². The molecule has 3 nitrogen and oxygen atoms in total. The van der Waals surface area contributed by atoms with Gasteiger partial charge in [0.2, 0.25) is 5.88 Å². The summed E-state index contributed by atoms with van der Waals surface area (Å²) in [6, 6.07) is 13.4. The SMILES string of the molecule is CCC(C)c1ccccc1Oc1cccc(C(N)=S)n1. The van der Waals surface area contributed by atoms with Crippen molar-refractivity contribution in [1.82, 2.24) is 4.98 Å². The van der Waals surface area contributed by atoms with Crippen LogP contribution in [0.4, 0.5) is 0 Å². The van der Waals surface area contributed by atoms with Gasteiger partial charge in [0.05, 0.1) is 0 Å². The lowest BCUT2D eigenvalue weighted by Gasteiger charge is -2.15. The number of hydrogen-bond donors (Lipinski definition) is 1. The molecule has 1 aromatic carbocycles. The van der Waals surface area contributed by atoms with Gasteiger partial charge in [0.15, 0.2) is 0 Å². The van der Waals surface area contributed by atoms with Gasteiger partial charge in [0.25, 0.3) is 0 Å². The number of aromatic nitrogens is 1. The van der Waals surface area contributed by atoms with Gasteiger partial charge in [0.1, 0.15) is 16.4 Å². The number of para-hydroxylation sites is 1. The Labute approximate surface area is 124 Å². The van der Waals surface area contributed by atoms with Crippen molar-refractivity contribution >= 4 is 17.2 Å². The van der Waals surface area contributed by atoms with Crippen molar-refractivity contribution in [2.45, 2.75) is 26.2 Å². The molecular weight excluding hydrogens is 268 g/mol. The zero-order valence-electron chi connectivity index (χ0n) is 11.7. The van der Waals surface area contributed by atoms with Gasteiger partial charge in [-0.1, -0.05) is 50.3 Å². The van der Waals surface area contributed by atoms with Gasteiger partial charge in [-0.15, -0.1) is 0 Å². The summed E-state index contributed by atoms with van der Waals surface area (Å²) in [4.78, 5) is 4.57. The highest BCUT2D eigenvalue weighted by molar-refractivity contribution is 7.80. The molecule has 1 unspecified atom stereocenters. The summed E-state index contributed by atoms with van der Waals surface area (Å²) in [7, 11) is 0.